The largest absolute Gasteiger partial charge is 0.487 e. The van der Waals surface area contributed by atoms with Gasteiger partial charge in [-0.15, -0.1) is 0 Å². The molecule has 164 valence electrons. The van der Waals surface area contributed by atoms with E-state index in [9.17, 15) is 14.7 Å². The van der Waals surface area contributed by atoms with Gasteiger partial charge in [0, 0.05) is 37.4 Å². The monoisotopic (exact) mass is 418 g/mol. The van der Waals surface area contributed by atoms with Crippen LogP contribution in [0.2, 0.25) is 0 Å². The molecule has 3 heterocycles. The number of fused-ring (bicyclic) bond motifs is 3. The summed E-state index contributed by atoms with van der Waals surface area (Å²) in [4.78, 5) is 26.5. The third-order valence-electron chi connectivity index (χ3n) is 6.17. The van der Waals surface area contributed by atoms with Crippen molar-refractivity contribution in [2.45, 2.75) is 56.3 Å². The molecule has 0 spiro atoms. The third kappa shape index (κ3) is 4.45. The molecule has 1 aromatic carbocycles. The number of hydrogen-bond donors (Lipinski definition) is 2. The molecular formula is C22H30N2O6. The molecule has 1 aromatic rings. The summed E-state index contributed by atoms with van der Waals surface area (Å²) in [6.45, 7) is 1.46. The Morgan fingerprint density at radius 2 is 2.07 bits per heavy atom. The molecule has 4 atom stereocenters. The van der Waals surface area contributed by atoms with Gasteiger partial charge in [0.1, 0.15) is 24.6 Å². The Bertz CT molecular complexity index is 779. The maximum Gasteiger partial charge on any atom is 0.250 e. The quantitative estimate of drug-likeness (QED) is 0.729. The van der Waals surface area contributed by atoms with Crippen LogP contribution >= 0.6 is 0 Å². The lowest BCUT2D eigenvalue weighted by Crippen LogP contribution is -2.48. The van der Waals surface area contributed by atoms with E-state index in [4.69, 9.17) is 14.2 Å². The fourth-order valence-electron chi connectivity index (χ4n) is 4.76. The van der Waals surface area contributed by atoms with Gasteiger partial charge in [-0.3, -0.25) is 9.59 Å². The minimum atomic E-state index is -0.484. The standard InChI is InChI=1S/C22H30N2O6/c1-28-13-20(26)23-14-5-6-18-16(9-14)17-10-15(29-19(12-25)22(17)30-18)11-21(27)24-7-3-2-4-8-24/h5-6,9,15,17,19,22,25H,2-4,7-8,10-13H2,1H3,(H,23,26)/t15-,17-,19+,22+/m0/s1. The zero-order chi connectivity index (χ0) is 21.1. The van der Waals surface area contributed by atoms with E-state index in [2.05, 4.69) is 5.32 Å². The summed E-state index contributed by atoms with van der Waals surface area (Å²) >= 11 is 0. The normalized spacial score (nSPS) is 27.7. The van der Waals surface area contributed by atoms with Gasteiger partial charge < -0.3 is 29.5 Å². The van der Waals surface area contributed by atoms with Gasteiger partial charge in [0.05, 0.1) is 19.1 Å². The number of benzene rings is 1. The van der Waals surface area contributed by atoms with Crippen LogP contribution in [-0.2, 0) is 19.1 Å². The Balaban J connectivity index is 1.48. The van der Waals surface area contributed by atoms with Crippen LogP contribution in [0.5, 0.6) is 5.75 Å². The predicted molar refractivity (Wildman–Crippen MR) is 110 cm³/mol. The van der Waals surface area contributed by atoms with Crippen LogP contribution in [-0.4, -0.2) is 73.5 Å². The Kier molecular flexibility index (Phi) is 6.55. The molecule has 2 N–H and O–H groups in total. The van der Waals surface area contributed by atoms with Crippen molar-refractivity contribution >= 4 is 17.5 Å². The lowest BCUT2D eigenvalue weighted by molar-refractivity contribution is -0.149. The summed E-state index contributed by atoms with van der Waals surface area (Å²) in [6.07, 6.45) is 3.21. The SMILES string of the molecule is COCC(=O)Nc1ccc2c(c1)[C@@H]1C[C@@H](CC(=O)N3CCCCC3)O[C@H](CO)[C@@H]1O2. The van der Waals surface area contributed by atoms with Crippen molar-refractivity contribution in [1.29, 1.82) is 0 Å². The smallest absolute Gasteiger partial charge is 0.250 e. The number of amides is 2. The summed E-state index contributed by atoms with van der Waals surface area (Å²) in [5, 5.41) is 12.7. The van der Waals surface area contributed by atoms with E-state index in [0.29, 0.717) is 18.5 Å². The molecule has 0 aliphatic carbocycles. The molecule has 3 aliphatic heterocycles. The first-order chi connectivity index (χ1) is 14.6. The van der Waals surface area contributed by atoms with E-state index in [-0.39, 0.29) is 43.2 Å². The maximum atomic E-state index is 12.7. The molecule has 2 fully saturated rings. The molecule has 2 saturated heterocycles. The number of likely N-dealkylation sites (tertiary alicyclic amines) is 1. The van der Waals surface area contributed by atoms with Gasteiger partial charge in [-0.1, -0.05) is 0 Å². The highest BCUT2D eigenvalue weighted by molar-refractivity contribution is 5.92. The van der Waals surface area contributed by atoms with Crippen LogP contribution in [0.3, 0.4) is 0 Å². The Labute approximate surface area is 176 Å². The summed E-state index contributed by atoms with van der Waals surface area (Å²) in [6, 6.07) is 5.53. The van der Waals surface area contributed by atoms with E-state index in [1.165, 1.54) is 13.5 Å². The molecule has 0 radical (unpaired) electrons. The molecule has 0 unspecified atom stereocenters. The van der Waals surface area contributed by atoms with Crippen molar-refractivity contribution in [1.82, 2.24) is 4.90 Å². The highest BCUT2D eigenvalue weighted by Gasteiger charge is 2.46. The molecule has 8 nitrogen and oxygen atoms in total. The second-order valence-electron chi connectivity index (χ2n) is 8.28. The molecule has 0 aromatic heterocycles. The number of carbonyl (C=O) groups excluding carboxylic acids is 2. The van der Waals surface area contributed by atoms with Gasteiger partial charge in [0.15, 0.2) is 0 Å². The summed E-state index contributed by atoms with van der Waals surface area (Å²) in [5.74, 6) is 0.636. The van der Waals surface area contributed by atoms with E-state index in [1.807, 2.05) is 17.0 Å². The average Bonchev–Trinajstić information content (AvgIpc) is 3.12. The number of aliphatic hydroxyl groups is 1. The Morgan fingerprint density at radius 1 is 1.27 bits per heavy atom. The van der Waals surface area contributed by atoms with Crippen LogP contribution in [0, 0.1) is 0 Å². The first-order valence-electron chi connectivity index (χ1n) is 10.7. The van der Waals surface area contributed by atoms with Gasteiger partial charge in [-0.25, -0.2) is 0 Å². The predicted octanol–water partition coefficient (Wildman–Crippen LogP) is 1.67. The highest BCUT2D eigenvalue weighted by atomic mass is 16.6. The molecule has 30 heavy (non-hydrogen) atoms. The lowest BCUT2D eigenvalue weighted by atomic mass is 9.84. The van der Waals surface area contributed by atoms with Crippen LogP contribution in [0.1, 0.15) is 43.6 Å². The van der Waals surface area contributed by atoms with Crippen molar-refractivity contribution in [2.75, 3.05) is 38.7 Å². The molecular weight excluding hydrogens is 388 g/mol. The maximum absolute atomic E-state index is 12.7. The average molecular weight is 418 g/mol. The fraction of sp³-hybridized carbons (Fsp3) is 0.636. The Morgan fingerprint density at radius 3 is 2.80 bits per heavy atom. The van der Waals surface area contributed by atoms with Gasteiger partial charge in [-0.05, 0) is 43.9 Å². The van der Waals surface area contributed by atoms with Crippen molar-refractivity contribution in [2.24, 2.45) is 0 Å². The number of methoxy groups -OCH3 is 1. The van der Waals surface area contributed by atoms with E-state index in [1.54, 1.807) is 6.07 Å². The lowest BCUT2D eigenvalue weighted by Gasteiger charge is -2.38. The van der Waals surface area contributed by atoms with Gasteiger partial charge in [-0.2, -0.15) is 0 Å². The van der Waals surface area contributed by atoms with Crippen molar-refractivity contribution < 1.29 is 28.9 Å². The first kappa shape index (κ1) is 21.1. The number of nitrogens with zero attached hydrogens (tertiary/aromatic N) is 1. The number of carbonyl (C=O) groups is 2. The minimum absolute atomic E-state index is 0.00401. The number of piperidine rings is 1. The van der Waals surface area contributed by atoms with Crippen molar-refractivity contribution in [3.05, 3.63) is 23.8 Å². The number of ether oxygens (including phenoxy) is 3. The van der Waals surface area contributed by atoms with Crippen LogP contribution in [0.25, 0.3) is 0 Å². The molecule has 0 saturated carbocycles. The molecule has 8 heteroatoms. The minimum Gasteiger partial charge on any atom is -0.487 e. The summed E-state index contributed by atoms with van der Waals surface area (Å²) in [7, 11) is 1.48. The van der Waals surface area contributed by atoms with Crippen molar-refractivity contribution in [3.8, 4) is 5.75 Å². The van der Waals surface area contributed by atoms with Gasteiger partial charge >= 0.3 is 0 Å². The van der Waals surface area contributed by atoms with E-state index in [0.717, 1.165) is 37.2 Å². The van der Waals surface area contributed by atoms with Gasteiger partial charge in [0.25, 0.3) is 0 Å². The second-order valence-corrected chi connectivity index (χ2v) is 8.28. The molecule has 0 bridgehead atoms. The second kappa shape index (κ2) is 9.32. The molecule has 3 aliphatic rings. The summed E-state index contributed by atoms with van der Waals surface area (Å²) in [5.41, 5.74) is 1.65. The van der Waals surface area contributed by atoms with Crippen LogP contribution in [0.4, 0.5) is 5.69 Å². The Hall–Kier alpha value is -2.16. The van der Waals surface area contributed by atoms with Crippen LogP contribution < -0.4 is 10.1 Å². The topological polar surface area (TPSA) is 97.3 Å². The fourth-order valence-corrected chi connectivity index (χ4v) is 4.76. The van der Waals surface area contributed by atoms with E-state index < -0.39 is 6.10 Å². The highest BCUT2D eigenvalue weighted by Crippen LogP contribution is 2.47. The number of rotatable bonds is 6. The summed E-state index contributed by atoms with van der Waals surface area (Å²) < 4.78 is 17.0. The molecule has 2 amide bonds. The zero-order valence-electron chi connectivity index (χ0n) is 17.3. The third-order valence-corrected chi connectivity index (χ3v) is 6.17. The van der Waals surface area contributed by atoms with Gasteiger partial charge in [0.2, 0.25) is 11.8 Å². The molecule has 4 rings (SSSR count). The van der Waals surface area contributed by atoms with Crippen LogP contribution in [0.15, 0.2) is 18.2 Å². The number of nitrogens with one attached hydrogen (secondary N) is 1. The zero-order valence-corrected chi connectivity index (χ0v) is 17.3. The van der Waals surface area contributed by atoms with E-state index >= 15 is 0 Å². The van der Waals surface area contributed by atoms with Crippen molar-refractivity contribution in [3.63, 3.8) is 0 Å². The first-order valence-corrected chi connectivity index (χ1v) is 10.7. The number of anilines is 1. The number of aliphatic hydroxyl groups excluding tert-OH is 1. The number of hydrogen-bond acceptors (Lipinski definition) is 6.